The maximum atomic E-state index is 11.0. The van der Waals surface area contributed by atoms with Crippen LogP contribution in [-0.4, -0.2) is 18.4 Å². The number of ketones is 1. The van der Waals surface area contributed by atoms with E-state index in [1.54, 1.807) is 13.0 Å². The van der Waals surface area contributed by atoms with Gasteiger partial charge in [-0.15, -0.1) is 0 Å². The van der Waals surface area contributed by atoms with Crippen LogP contribution in [0.25, 0.3) is 0 Å². The molecule has 0 unspecified atom stereocenters. The maximum absolute atomic E-state index is 11.0. The summed E-state index contributed by atoms with van der Waals surface area (Å²) in [7, 11) is 0. The van der Waals surface area contributed by atoms with Gasteiger partial charge in [0.2, 0.25) is 5.78 Å². The molecule has 0 aromatic rings. The quantitative estimate of drug-likeness (QED) is 0.598. The highest BCUT2D eigenvalue weighted by Crippen LogP contribution is 2.10. The smallest absolute Gasteiger partial charge is 0.213 e. The van der Waals surface area contributed by atoms with Gasteiger partial charge in [0, 0.05) is 6.42 Å². The van der Waals surface area contributed by atoms with Crippen LogP contribution in [0.15, 0.2) is 11.8 Å². The molecule has 10 heavy (non-hydrogen) atoms. The second-order valence-corrected chi connectivity index (χ2v) is 2.36. The Hall–Kier alpha value is -0.830. The summed E-state index contributed by atoms with van der Waals surface area (Å²) in [6, 6.07) is -0.440. The Labute approximate surface area is 59.8 Å². The number of ether oxygens (including phenoxy) is 1. The Kier molecular flexibility index (Phi) is 2.06. The lowest BCUT2D eigenvalue weighted by Crippen LogP contribution is -2.28. The largest absolute Gasteiger partial charge is 0.490 e. The van der Waals surface area contributed by atoms with Crippen LogP contribution in [0.4, 0.5) is 0 Å². The molecule has 1 rings (SSSR count). The predicted molar refractivity (Wildman–Crippen MR) is 37.3 cm³/mol. The minimum absolute atomic E-state index is 0.0995. The standard InChI is InChI=1S/C7H11NO2/c1-5(8)7(9)6-3-2-4-10-6/h3,5H,2,4,8H2,1H3/t5-/m1/s1. The van der Waals surface area contributed by atoms with Crippen molar-refractivity contribution >= 4 is 5.78 Å². The van der Waals surface area contributed by atoms with Crippen molar-refractivity contribution in [1.29, 1.82) is 0 Å². The van der Waals surface area contributed by atoms with Crippen molar-refractivity contribution in [3.63, 3.8) is 0 Å². The van der Waals surface area contributed by atoms with E-state index < -0.39 is 6.04 Å². The van der Waals surface area contributed by atoms with Gasteiger partial charge in [-0.1, -0.05) is 0 Å². The van der Waals surface area contributed by atoms with Gasteiger partial charge in [0.05, 0.1) is 12.6 Å². The van der Waals surface area contributed by atoms with Crippen LogP contribution in [0.1, 0.15) is 13.3 Å². The van der Waals surface area contributed by atoms with Gasteiger partial charge in [-0.3, -0.25) is 4.79 Å². The molecule has 0 bridgehead atoms. The third-order valence-corrected chi connectivity index (χ3v) is 1.36. The van der Waals surface area contributed by atoms with Gasteiger partial charge < -0.3 is 10.5 Å². The van der Waals surface area contributed by atoms with Crippen LogP contribution >= 0.6 is 0 Å². The zero-order valence-corrected chi connectivity index (χ0v) is 5.96. The highest BCUT2D eigenvalue weighted by Gasteiger charge is 2.17. The summed E-state index contributed by atoms with van der Waals surface area (Å²) in [6.45, 7) is 2.28. The van der Waals surface area contributed by atoms with Gasteiger partial charge in [0.25, 0.3) is 0 Å². The number of nitrogens with two attached hydrogens (primary N) is 1. The van der Waals surface area contributed by atoms with E-state index in [4.69, 9.17) is 10.5 Å². The molecule has 56 valence electrons. The number of rotatable bonds is 2. The summed E-state index contributed by atoms with van der Waals surface area (Å²) in [5.74, 6) is 0.340. The average molecular weight is 141 g/mol. The molecule has 3 nitrogen and oxygen atoms in total. The second-order valence-electron chi connectivity index (χ2n) is 2.36. The Morgan fingerprint density at radius 1 is 1.90 bits per heavy atom. The molecule has 0 saturated carbocycles. The molecule has 0 amide bonds. The summed E-state index contributed by atoms with van der Waals surface area (Å²) in [4.78, 5) is 11.0. The Morgan fingerprint density at radius 2 is 2.60 bits per heavy atom. The molecule has 0 fully saturated rings. The molecule has 0 radical (unpaired) electrons. The third-order valence-electron chi connectivity index (χ3n) is 1.36. The lowest BCUT2D eigenvalue weighted by Gasteiger charge is -2.04. The van der Waals surface area contributed by atoms with Crippen LogP contribution in [0, 0.1) is 0 Å². The highest BCUT2D eigenvalue weighted by molar-refractivity contribution is 5.97. The fourth-order valence-corrected chi connectivity index (χ4v) is 0.814. The summed E-state index contributed by atoms with van der Waals surface area (Å²) < 4.78 is 5.01. The fraction of sp³-hybridized carbons (Fsp3) is 0.571. The van der Waals surface area contributed by atoms with Crippen molar-refractivity contribution in [2.24, 2.45) is 5.73 Å². The zero-order chi connectivity index (χ0) is 7.56. The Balaban J connectivity index is 2.56. The fourth-order valence-electron chi connectivity index (χ4n) is 0.814. The monoisotopic (exact) mass is 141 g/mol. The first-order valence-electron chi connectivity index (χ1n) is 3.34. The van der Waals surface area contributed by atoms with E-state index in [0.717, 1.165) is 6.42 Å². The van der Waals surface area contributed by atoms with E-state index >= 15 is 0 Å². The van der Waals surface area contributed by atoms with E-state index in [-0.39, 0.29) is 5.78 Å². The van der Waals surface area contributed by atoms with E-state index in [9.17, 15) is 4.79 Å². The topological polar surface area (TPSA) is 52.3 Å². The van der Waals surface area contributed by atoms with Crippen molar-refractivity contribution < 1.29 is 9.53 Å². The lowest BCUT2D eigenvalue weighted by atomic mass is 10.2. The van der Waals surface area contributed by atoms with Gasteiger partial charge >= 0.3 is 0 Å². The second kappa shape index (κ2) is 2.84. The summed E-state index contributed by atoms with van der Waals surface area (Å²) in [5.41, 5.74) is 5.35. The summed E-state index contributed by atoms with van der Waals surface area (Å²) in [6.07, 6.45) is 2.61. The molecule has 1 aliphatic heterocycles. The van der Waals surface area contributed by atoms with Crippen LogP contribution in [0.5, 0.6) is 0 Å². The number of carbonyl (C=O) groups is 1. The van der Waals surface area contributed by atoms with E-state index in [0.29, 0.717) is 12.4 Å². The SMILES string of the molecule is C[C@@H](N)C(=O)C1=CCCO1. The number of hydrogen-bond donors (Lipinski definition) is 1. The molecule has 0 spiro atoms. The van der Waals surface area contributed by atoms with Crippen molar-refractivity contribution in [2.45, 2.75) is 19.4 Å². The first-order chi connectivity index (χ1) is 4.72. The first kappa shape index (κ1) is 7.28. The van der Waals surface area contributed by atoms with E-state index in [2.05, 4.69) is 0 Å². The predicted octanol–water partition coefficient (Wildman–Crippen LogP) is 0.207. The van der Waals surface area contributed by atoms with E-state index in [1.807, 2.05) is 0 Å². The van der Waals surface area contributed by atoms with Gasteiger partial charge in [0.15, 0.2) is 5.76 Å². The van der Waals surface area contributed by atoms with Crippen molar-refractivity contribution in [3.8, 4) is 0 Å². The summed E-state index contributed by atoms with van der Waals surface area (Å²) in [5, 5.41) is 0. The normalized spacial score (nSPS) is 19.6. The molecule has 0 aromatic heterocycles. The van der Waals surface area contributed by atoms with Crippen LogP contribution < -0.4 is 5.73 Å². The Morgan fingerprint density at radius 3 is 3.00 bits per heavy atom. The molecular formula is C7H11NO2. The van der Waals surface area contributed by atoms with Crippen molar-refractivity contribution in [3.05, 3.63) is 11.8 Å². The molecule has 0 aromatic carbocycles. The molecule has 1 heterocycles. The number of carbonyl (C=O) groups excluding carboxylic acids is 1. The van der Waals surface area contributed by atoms with Crippen LogP contribution in [0.3, 0.4) is 0 Å². The van der Waals surface area contributed by atoms with E-state index in [1.165, 1.54) is 0 Å². The molecule has 0 saturated heterocycles. The first-order valence-corrected chi connectivity index (χ1v) is 3.34. The number of hydrogen-bond acceptors (Lipinski definition) is 3. The minimum Gasteiger partial charge on any atom is -0.490 e. The Bertz CT molecular complexity index is 172. The number of Topliss-reactive ketones (excluding diaryl/α,β-unsaturated/α-hetero) is 1. The lowest BCUT2D eigenvalue weighted by molar-refractivity contribution is -0.119. The average Bonchev–Trinajstić information content (AvgIpc) is 2.36. The molecule has 3 heteroatoms. The van der Waals surface area contributed by atoms with Gasteiger partial charge in [-0.25, -0.2) is 0 Å². The molecule has 1 atom stereocenters. The van der Waals surface area contributed by atoms with Gasteiger partial charge in [-0.05, 0) is 13.0 Å². The maximum Gasteiger partial charge on any atom is 0.213 e. The zero-order valence-electron chi connectivity index (χ0n) is 5.96. The highest BCUT2D eigenvalue weighted by atomic mass is 16.5. The van der Waals surface area contributed by atoms with Crippen molar-refractivity contribution in [1.82, 2.24) is 0 Å². The molecule has 1 aliphatic rings. The molecular weight excluding hydrogens is 130 g/mol. The summed E-state index contributed by atoms with van der Waals surface area (Å²) >= 11 is 0. The minimum atomic E-state index is -0.440. The van der Waals surface area contributed by atoms with Crippen LogP contribution in [-0.2, 0) is 9.53 Å². The van der Waals surface area contributed by atoms with Gasteiger partial charge in [0.1, 0.15) is 0 Å². The third kappa shape index (κ3) is 1.36. The molecule has 0 aliphatic carbocycles. The van der Waals surface area contributed by atoms with Crippen LogP contribution in [0.2, 0.25) is 0 Å². The van der Waals surface area contributed by atoms with Gasteiger partial charge in [-0.2, -0.15) is 0 Å². The molecule has 2 N–H and O–H groups in total. The van der Waals surface area contributed by atoms with Crippen molar-refractivity contribution in [2.75, 3.05) is 6.61 Å².